The van der Waals surface area contributed by atoms with E-state index in [9.17, 15) is 4.79 Å². The molecule has 2 aromatic heterocycles. The Bertz CT molecular complexity index is 1200. The van der Waals surface area contributed by atoms with Gasteiger partial charge in [-0.05, 0) is 25.1 Å². The van der Waals surface area contributed by atoms with Crippen LogP contribution in [0.4, 0.5) is 5.69 Å². The van der Waals surface area contributed by atoms with Crippen LogP contribution in [0.3, 0.4) is 0 Å². The molecule has 158 valence electrons. The Morgan fingerprint density at radius 3 is 2.68 bits per heavy atom. The van der Waals surface area contributed by atoms with E-state index in [0.717, 1.165) is 32.8 Å². The lowest BCUT2D eigenvalue weighted by Gasteiger charge is -2.08. The molecule has 4 aromatic rings. The standard InChI is InChI=1S/C22H21BrN6OS/c1-3-29-21(18-13-28(2)27-20(18)15-8-5-4-6-9-15)25-26-22(29)31-14-19(30)24-17-11-7-10-16(23)12-17/h4-13H,3,14H2,1-2H3,(H,24,30). The normalized spacial score (nSPS) is 10.9. The zero-order chi connectivity index (χ0) is 21.8. The Morgan fingerprint density at radius 2 is 1.94 bits per heavy atom. The van der Waals surface area contributed by atoms with Crippen molar-refractivity contribution in [3.05, 3.63) is 65.3 Å². The second-order valence-electron chi connectivity index (χ2n) is 6.83. The number of carbonyl (C=O) groups is 1. The third-order valence-electron chi connectivity index (χ3n) is 4.59. The highest BCUT2D eigenvalue weighted by molar-refractivity contribution is 9.10. The van der Waals surface area contributed by atoms with Crippen molar-refractivity contribution in [1.29, 1.82) is 0 Å². The Hall–Kier alpha value is -2.91. The lowest BCUT2D eigenvalue weighted by molar-refractivity contribution is -0.113. The van der Waals surface area contributed by atoms with Crippen molar-refractivity contribution in [3.8, 4) is 22.6 Å². The van der Waals surface area contributed by atoms with Crippen LogP contribution in [0.15, 0.2) is 70.4 Å². The molecular formula is C22H21BrN6OS. The number of rotatable bonds is 7. The van der Waals surface area contributed by atoms with Gasteiger partial charge in [0.15, 0.2) is 11.0 Å². The Labute approximate surface area is 193 Å². The summed E-state index contributed by atoms with van der Waals surface area (Å²) in [5, 5.41) is 17.0. The predicted octanol–water partition coefficient (Wildman–Crippen LogP) is 4.86. The molecule has 7 nitrogen and oxygen atoms in total. The average molecular weight is 497 g/mol. The van der Waals surface area contributed by atoms with Gasteiger partial charge in [0, 0.05) is 35.5 Å². The van der Waals surface area contributed by atoms with Crippen LogP contribution in [0.2, 0.25) is 0 Å². The smallest absolute Gasteiger partial charge is 0.234 e. The molecule has 2 heterocycles. The quantitative estimate of drug-likeness (QED) is 0.369. The van der Waals surface area contributed by atoms with Crippen molar-refractivity contribution < 1.29 is 4.79 Å². The second kappa shape index (κ2) is 9.49. The van der Waals surface area contributed by atoms with E-state index in [4.69, 9.17) is 0 Å². The van der Waals surface area contributed by atoms with Gasteiger partial charge in [0.2, 0.25) is 5.91 Å². The van der Waals surface area contributed by atoms with E-state index in [0.29, 0.717) is 11.7 Å². The number of aryl methyl sites for hydroxylation is 1. The monoisotopic (exact) mass is 496 g/mol. The van der Waals surface area contributed by atoms with Crippen LogP contribution in [0.25, 0.3) is 22.6 Å². The first-order valence-electron chi connectivity index (χ1n) is 9.76. The topological polar surface area (TPSA) is 77.6 Å². The van der Waals surface area contributed by atoms with Gasteiger partial charge in [0.25, 0.3) is 0 Å². The maximum absolute atomic E-state index is 12.4. The first-order chi connectivity index (χ1) is 15.0. The molecule has 0 bridgehead atoms. The van der Waals surface area contributed by atoms with E-state index >= 15 is 0 Å². The molecule has 0 atom stereocenters. The van der Waals surface area contributed by atoms with Crippen LogP contribution in [-0.4, -0.2) is 36.2 Å². The number of nitrogens with zero attached hydrogens (tertiary/aromatic N) is 5. The molecular weight excluding hydrogens is 476 g/mol. The molecule has 0 fully saturated rings. The van der Waals surface area contributed by atoms with Crippen molar-refractivity contribution in [1.82, 2.24) is 24.5 Å². The van der Waals surface area contributed by atoms with Crippen molar-refractivity contribution in [2.45, 2.75) is 18.6 Å². The van der Waals surface area contributed by atoms with Crippen molar-refractivity contribution in [2.24, 2.45) is 7.05 Å². The zero-order valence-corrected chi connectivity index (χ0v) is 19.5. The van der Waals surface area contributed by atoms with E-state index < -0.39 is 0 Å². The third-order valence-corrected chi connectivity index (χ3v) is 6.05. The van der Waals surface area contributed by atoms with Crippen molar-refractivity contribution >= 4 is 39.3 Å². The first-order valence-corrected chi connectivity index (χ1v) is 11.5. The number of nitrogens with one attached hydrogen (secondary N) is 1. The molecule has 0 aliphatic heterocycles. The molecule has 1 N–H and O–H groups in total. The minimum Gasteiger partial charge on any atom is -0.325 e. The largest absolute Gasteiger partial charge is 0.325 e. The summed E-state index contributed by atoms with van der Waals surface area (Å²) in [6.07, 6.45) is 1.95. The Kier molecular flexibility index (Phi) is 6.53. The molecule has 2 aromatic carbocycles. The van der Waals surface area contributed by atoms with E-state index in [1.54, 1.807) is 4.68 Å². The van der Waals surface area contributed by atoms with E-state index in [2.05, 4.69) is 36.5 Å². The summed E-state index contributed by atoms with van der Waals surface area (Å²) >= 11 is 4.78. The van der Waals surface area contributed by atoms with Crippen molar-refractivity contribution in [3.63, 3.8) is 0 Å². The molecule has 0 radical (unpaired) electrons. The van der Waals surface area contributed by atoms with Crippen LogP contribution in [0, 0.1) is 0 Å². The van der Waals surface area contributed by atoms with Gasteiger partial charge in [0.1, 0.15) is 5.69 Å². The summed E-state index contributed by atoms with van der Waals surface area (Å²) in [6.45, 7) is 2.72. The maximum atomic E-state index is 12.4. The maximum Gasteiger partial charge on any atom is 0.234 e. The number of carbonyl (C=O) groups excluding carboxylic acids is 1. The van der Waals surface area contributed by atoms with Crippen LogP contribution in [0.5, 0.6) is 0 Å². The molecule has 1 amide bonds. The van der Waals surface area contributed by atoms with Crippen LogP contribution in [-0.2, 0) is 18.4 Å². The highest BCUT2D eigenvalue weighted by atomic mass is 79.9. The van der Waals surface area contributed by atoms with Gasteiger partial charge in [-0.3, -0.25) is 9.48 Å². The highest BCUT2D eigenvalue weighted by Crippen LogP contribution is 2.31. The van der Waals surface area contributed by atoms with Gasteiger partial charge in [-0.2, -0.15) is 5.10 Å². The van der Waals surface area contributed by atoms with E-state index in [1.807, 2.05) is 79.3 Å². The Balaban J connectivity index is 1.54. The van der Waals surface area contributed by atoms with Crippen LogP contribution < -0.4 is 5.32 Å². The zero-order valence-electron chi connectivity index (χ0n) is 17.1. The van der Waals surface area contributed by atoms with Gasteiger partial charge in [-0.1, -0.05) is 64.1 Å². The first kappa shape index (κ1) is 21.3. The number of thioether (sulfide) groups is 1. The highest BCUT2D eigenvalue weighted by Gasteiger charge is 2.20. The number of hydrogen-bond donors (Lipinski definition) is 1. The summed E-state index contributed by atoms with van der Waals surface area (Å²) < 4.78 is 4.71. The molecule has 0 saturated carbocycles. The van der Waals surface area contributed by atoms with Gasteiger partial charge in [-0.25, -0.2) is 0 Å². The fraction of sp³-hybridized carbons (Fsp3) is 0.182. The van der Waals surface area contributed by atoms with Gasteiger partial charge in [-0.15, -0.1) is 10.2 Å². The lowest BCUT2D eigenvalue weighted by atomic mass is 10.1. The number of halogens is 1. The summed E-state index contributed by atoms with van der Waals surface area (Å²) in [4.78, 5) is 12.4. The lowest BCUT2D eigenvalue weighted by Crippen LogP contribution is -2.14. The molecule has 31 heavy (non-hydrogen) atoms. The second-order valence-corrected chi connectivity index (χ2v) is 8.69. The predicted molar refractivity (Wildman–Crippen MR) is 127 cm³/mol. The number of amides is 1. The molecule has 9 heteroatoms. The Morgan fingerprint density at radius 1 is 1.13 bits per heavy atom. The van der Waals surface area contributed by atoms with Crippen LogP contribution in [0.1, 0.15) is 6.92 Å². The summed E-state index contributed by atoms with van der Waals surface area (Å²) in [6, 6.07) is 17.5. The number of hydrogen-bond acceptors (Lipinski definition) is 5. The fourth-order valence-electron chi connectivity index (χ4n) is 3.23. The van der Waals surface area contributed by atoms with Gasteiger partial charge < -0.3 is 9.88 Å². The molecule has 0 aliphatic rings. The SMILES string of the molecule is CCn1c(SCC(=O)Nc2cccc(Br)c2)nnc1-c1cn(C)nc1-c1ccccc1. The summed E-state index contributed by atoms with van der Waals surface area (Å²) in [7, 11) is 1.89. The third kappa shape index (κ3) is 4.88. The molecule has 0 unspecified atom stereocenters. The summed E-state index contributed by atoms with van der Waals surface area (Å²) in [5.74, 6) is 0.884. The van der Waals surface area contributed by atoms with E-state index in [1.165, 1.54) is 11.8 Å². The molecule has 0 saturated heterocycles. The minimum absolute atomic E-state index is 0.0957. The van der Waals surface area contributed by atoms with Crippen LogP contribution >= 0.6 is 27.7 Å². The molecule has 0 aliphatic carbocycles. The minimum atomic E-state index is -0.0957. The van der Waals surface area contributed by atoms with Crippen molar-refractivity contribution in [2.75, 3.05) is 11.1 Å². The number of anilines is 1. The molecule has 0 spiro atoms. The molecule has 4 rings (SSSR count). The van der Waals surface area contributed by atoms with E-state index in [-0.39, 0.29) is 11.7 Å². The van der Waals surface area contributed by atoms with Gasteiger partial charge >= 0.3 is 0 Å². The number of benzene rings is 2. The average Bonchev–Trinajstić information content (AvgIpc) is 3.35. The fourth-order valence-corrected chi connectivity index (χ4v) is 4.44. The number of aromatic nitrogens is 5. The van der Waals surface area contributed by atoms with Gasteiger partial charge in [0.05, 0.1) is 11.3 Å². The summed E-state index contributed by atoms with van der Waals surface area (Å²) in [5.41, 5.74) is 3.54.